The van der Waals surface area contributed by atoms with Crippen LogP contribution in [0.5, 0.6) is 0 Å². The third kappa shape index (κ3) is 2.80. The monoisotopic (exact) mass is 423 g/mol. The molecule has 0 aromatic carbocycles. The molecule has 5 nitrogen and oxygen atoms in total. The zero-order valence-electron chi connectivity index (χ0n) is 18.1. The lowest BCUT2D eigenvalue weighted by Crippen LogP contribution is -2.48. The molecule has 4 bridgehead atoms. The zero-order valence-corrected chi connectivity index (χ0v) is 19.0. The molecule has 1 N–H and O–H groups in total. The topological polar surface area (TPSA) is 74.7 Å². The van der Waals surface area contributed by atoms with Crippen LogP contribution < -0.4 is 0 Å². The van der Waals surface area contributed by atoms with Gasteiger partial charge in [-0.25, -0.2) is 12.7 Å². The molecule has 1 spiro atoms. The molecule has 5 rings (SSSR count). The number of carbonyl (C=O) groups excluding carboxylic acids is 1. The van der Waals surface area contributed by atoms with Crippen molar-refractivity contribution in [3.63, 3.8) is 0 Å². The van der Waals surface area contributed by atoms with Crippen LogP contribution in [-0.2, 0) is 14.8 Å². The first-order valence-corrected chi connectivity index (χ1v) is 13.4. The van der Waals surface area contributed by atoms with Crippen LogP contribution in [0.1, 0.15) is 78.6 Å². The van der Waals surface area contributed by atoms with E-state index in [0.29, 0.717) is 18.3 Å². The summed E-state index contributed by atoms with van der Waals surface area (Å²) in [5, 5.41) is 10.9. The van der Waals surface area contributed by atoms with Crippen LogP contribution in [0.25, 0.3) is 0 Å². The Bertz CT molecular complexity index is 796. The number of amides is 1. The van der Waals surface area contributed by atoms with E-state index in [0.717, 1.165) is 43.9 Å². The van der Waals surface area contributed by atoms with Gasteiger partial charge in [-0.3, -0.25) is 4.79 Å². The number of hydrogen-bond acceptors (Lipinski definition) is 4. The normalized spacial score (nSPS) is 45.9. The average Bonchev–Trinajstić information content (AvgIpc) is 3.25. The van der Waals surface area contributed by atoms with Crippen LogP contribution in [0.2, 0.25) is 0 Å². The second-order valence-electron chi connectivity index (χ2n) is 11.7. The van der Waals surface area contributed by atoms with Crippen LogP contribution in [0, 0.1) is 40.4 Å². The highest BCUT2D eigenvalue weighted by atomic mass is 32.2. The molecule has 5 fully saturated rings. The number of aliphatic hydroxyl groups is 1. The maximum absolute atomic E-state index is 13.4. The van der Waals surface area contributed by atoms with Gasteiger partial charge in [-0.2, -0.15) is 0 Å². The van der Waals surface area contributed by atoms with Gasteiger partial charge >= 0.3 is 0 Å². The molecule has 164 valence electrons. The number of hydrogen-bond donors (Lipinski definition) is 1. The molecule has 3 unspecified atom stereocenters. The molecule has 1 aliphatic heterocycles. The van der Waals surface area contributed by atoms with E-state index in [1.165, 1.54) is 23.6 Å². The van der Waals surface area contributed by atoms with Gasteiger partial charge in [0.2, 0.25) is 15.9 Å². The summed E-state index contributed by atoms with van der Waals surface area (Å²) in [4.78, 5) is 13.4. The Labute approximate surface area is 175 Å². The highest BCUT2D eigenvalue weighted by Gasteiger charge is 2.72. The van der Waals surface area contributed by atoms with Crippen molar-refractivity contribution in [2.45, 2.75) is 90.7 Å². The maximum atomic E-state index is 13.4. The second-order valence-corrected chi connectivity index (χ2v) is 13.6. The van der Waals surface area contributed by atoms with Crippen molar-refractivity contribution in [1.82, 2.24) is 4.31 Å². The van der Waals surface area contributed by atoms with Crippen molar-refractivity contribution in [3.05, 3.63) is 0 Å². The molecule has 0 aromatic heterocycles. The number of carbonyl (C=O) groups is 1. The number of fused-ring (bicyclic) bond motifs is 3. The summed E-state index contributed by atoms with van der Waals surface area (Å²) in [6.07, 6.45) is 8.97. The fraction of sp³-hybridized carbons (Fsp3) is 0.957. The first kappa shape index (κ1) is 20.3. The number of rotatable bonds is 4. The summed E-state index contributed by atoms with van der Waals surface area (Å²) in [6.45, 7) is 6.14. The lowest BCUT2D eigenvalue weighted by Gasteiger charge is -2.37. The Balaban J connectivity index is 1.32. The average molecular weight is 424 g/mol. The van der Waals surface area contributed by atoms with Gasteiger partial charge in [-0.05, 0) is 74.0 Å². The predicted molar refractivity (Wildman–Crippen MR) is 111 cm³/mol. The molecule has 1 amide bonds. The van der Waals surface area contributed by atoms with E-state index in [1.54, 1.807) is 6.92 Å². The van der Waals surface area contributed by atoms with Gasteiger partial charge in [0.15, 0.2) is 0 Å². The van der Waals surface area contributed by atoms with Gasteiger partial charge in [0.1, 0.15) is 0 Å². The lowest BCUT2D eigenvalue weighted by atomic mass is 9.69. The lowest BCUT2D eigenvalue weighted by molar-refractivity contribution is -0.136. The number of sulfonamides is 1. The van der Waals surface area contributed by atoms with Crippen molar-refractivity contribution in [1.29, 1.82) is 0 Å². The molecule has 0 radical (unpaired) electrons. The Kier molecular flexibility index (Phi) is 4.51. The minimum absolute atomic E-state index is 0.0387. The van der Waals surface area contributed by atoms with Crippen LogP contribution >= 0.6 is 0 Å². The Morgan fingerprint density at radius 2 is 1.76 bits per heavy atom. The Hall–Kier alpha value is -0.620. The highest BCUT2D eigenvalue weighted by molar-refractivity contribution is 7.90. The van der Waals surface area contributed by atoms with E-state index in [4.69, 9.17) is 0 Å². The molecule has 1 heterocycles. The molecule has 6 heteroatoms. The summed E-state index contributed by atoms with van der Waals surface area (Å²) >= 11 is 0. The van der Waals surface area contributed by atoms with Gasteiger partial charge < -0.3 is 5.11 Å². The third-order valence-electron chi connectivity index (χ3n) is 10.2. The van der Waals surface area contributed by atoms with Gasteiger partial charge in [0, 0.05) is 5.41 Å². The summed E-state index contributed by atoms with van der Waals surface area (Å²) < 4.78 is 27.5. The molecular weight excluding hydrogens is 386 g/mol. The summed E-state index contributed by atoms with van der Waals surface area (Å²) in [6, 6.07) is -0.200. The largest absolute Gasteiger partial charge is 0.392 e. The maximum Gasteiger partial charge on any atom is 0.241 e. The van der Waals surface area contributed by atoms with Gasteiger partial charge in [0.05, 0.1) is 23.8 Å². The smallest absolute Gasteiger partial charge is 0.241 e. The minimum Gasteiger partial charge on any atom is -0.392 e. The minimum atomic E-state index is -3.61. The van der Waals surface area contributed by atoms with Crippen LogP contribution in [-0.4, -0.2) is 41.6 Å². The zero-order chi connectivity index (χ0) is 20.8. The fourth-order valence-electron chi connectivity index (χ4n) is 8.33. The first-order valence-electron chi connectivity index (χ1n) is 11.8. The fourth-order valence-corrected chi connectivity index (χ4v) is 10.9. The van der Waals surface area contributed by atoms with Crippen molar-refractivity contribution in [2.24, 2.45) is 40.4 Å². The van der Waals surface area contributed by atoms with E-state index in [9.17, 15) is 18.3 Å². The first-order chi connectivity index (χ1) is 13.5. The molecule has 5 aliphatic rings. The van der Waals surface area contributed by atoms with Crippen LogP contribution in [0.4, 0.5) is 0 Å². The molecule has 8 atom stereocenters. The van der Waals surface area contributed by atoms with E-state index in [2.05, 4.69) is 13.8 Å². The predicted octanol–water partition coefficient (Wildman–Crippen LogP) is 3.57. The molecule has 1 saturated heterocycles. The van der Waals surface area contributed by atoms with Gasteiger partial charge in [-0.1, -0.05) is 33.6 Å². The Morgan fingerprint density at radius 3 is 2.38 bits per heavy atom. The van der Waals surface area contributed by atoms with Crippen molar-refractivity contribution >= 4 is 15.9 Å². The molecule has 4 aliphatic carbocycles. The highest BCUT2D eigenvalue weighted by Crippen LogP contribution is 2.70. The second kappa shape index (κ2) is 6.44. The van der Waals surface area contributed by atoms with E-state index < -0.39 is 22.0 Å². The van der Waals surface area contributed by atoms with Gasteiger partial charge in [0.25, 0.3) is 0 Å². The number of nitrogens with zero attached hydrogens (tertiary/aromatic N) is 1. The van der Waals surface area contributed by atoms with Crippen molar-refractivity contribution in [3.8, 4) is 0 Å². The van der Waals surface area contributed by atoms with E-state index >= 15 is 0 Å². The van der Waals surface area contributed by atoms with E-state index in [-0.39, 0.29) is 28.5 Å². The van der Waals surface area contributed by atoms with E-state index in [1.807, 2.05) is 0 Å². The summed E-state index contributed by atoms with van der Waals surface area (Å²) in [7, 11) is -3.61. The standard InChI is InChI=1S/C23H37NO4S/c1-14(19(25)11-17-9-15-4-5-16(8-15)10-17)21(26)24-20-12-18-6-7-23(20,22(18,2)3)13-29(24,27)28/h14-20,25H,4-13H2,1-3H3/t14?,15-,16+,17?,18-,19?,20-,23-/m0/s1. The summed E-state index contributed by atoms with van der Waals surface area (Å²) in [5.41, 5.74) is -0.331. The van der Waals surface area contributed by atoms with Crippen LogP contribution in [0.3, 0.4) is 0 Å². The van der Waals surface area contributed by atoms with Gasteiger partial charge in [-0.15, -0.1) is 0 Å². The molecular formula is C23H37NO4S. The SMILES string of the molecule is CC(C(=O)N1[C@H]2C[C@@H]3CC[C@@]2(CS1(=O)=O)C3(C)C)C(O)CC1C[C@H]2CC[C@@H](C1)C2. The van der Waals surface area contributed by atoms with Crippen molar-refractivity contribution in [2.75, 3.05) is 5.75 Å². The third-order valence-corrected chi connectivity index (χ3v) is 12.1. The van der Waals surface area contributed by atoms with Crippen LogP contribution in [0.15, 0.2) is 0 Å². The molecule has 29 heavy (non-hydrogen) atoms. The quantitative estimate of drug-likeness (QED) is 0.750. The molecule has 4 saturated carbocycles. The number of aliphatic hydroxyl groups excluding tert-OH is 1. The van der Waals surface area contributed by atoms with Crippen molar-refractivity contribution < 1.29 is 18.3 Å². The molecule has 0 aromatic rings. The summed E-state index contributed by atoms with van der Waals surface area (Å²) in [5.74, 6) is 1.67. The Morgan fingerprint density at radius 1 is 1.10 bits per heavy atom.